The second-order valence-corrected chi connectivity index (χ2v) is 5.46. The predicted octanol–water partition coefficient (Wildman–Crippen LogP) is 3.42. The molecule has 1 fully saturated rings. The number of nitrogens with one attached hydrogen (secondary N) is 1. The number of benzene rings is 1. The summed E-state index contributed by atoms with van der Waals surface area (Å²) in [5.74, 6) is 1.57. The molecule has 1 aliphatic carbocycles. The molecule has 2 N–H and O–H groups in total. The quantitative estimate of drug-likeness (QED) is 0.838. The van der Waals surface area contributed by atoms with Crippen LogP contribution < -0.4 is 5.32 Å². The molecule has 2 rings (SSSR count). The number of hydrogen-bond donors (Lipinski definition) is 2. The van der Waals surface area contributed by atoms with Crippen molar-refractivity contribution in [2.45, 2.75) is 45.8 Å². The molecule has 0 radical (unpaired) electrons. The van der Waals surface area contributed by atoms with Crippen molar-refractivity contribution in [2.24, 2.45) is 11.8 Å². The van der Waals surface area contributed by atoms with Crippen molar-refractivity contribution in [2.75, 3.05) is 5.32 Å². The Hall–Kier alpha value is -1.02. The van der Waals surface area contributed by atoms with Gasteiger partial charge in [-0.15, -0.1) is 0 Å². The Morgan fingerprint density at radius 2 is 2.00 bits per heavy atom. The first-order chi connectivity index (χ1) is 8.20. The number of aliphatic hydroxyl groups excluding tert-OH is 1. The minimum absolute atomic E-state index is 0.112. The fourth-order valence-electron chi connectivity index (χ4n) is 2.88. The molecule has 0 heterocycles. The molecular formula is C15H23NO. The lowest BCUT2D eigenvalue weighted by Crippen LogP contribution is -2.33. The van der Waals surface area contributed by atoms with Crippen LogP contribution in [0.1, 0.15) is 38.7 Å². The van der Waals surface area contributed by atoms with Crippen molar-refractivity contribution in [1.29, 1.82) is 0 Å². The smallest absolute Gasteiger partial charge is 0.0701 e. The van der Waals surface area contributed by atoms with E-state index in [-0.39, 0.29) is 6.61 Å². The van der Waals surface area contributed by atoms with E-state index in [1.165, 1.54) is 19.3 Å². The summed E-state index contributed by atoms with van der Waals surface area (Å²) in [6.07, 6.45) is 3.85. The van der Waals surface area contributed by atoms with Crippen LogP contribution in [-0.4, -0.2) is 11.1 Å². The highest BCUT2D eigenvalue weighted by Gasteiger charge is 2.25. The Kier molecular flexibility index (Phi) is 4.06. The molecule has 1 saturated carbocycles. The molecule has 17 heavy (non-hydrogen) atoms. The van der Waals surface area contributed by atoms with Crippen molar-refractivity contribution in [1.82, 2.24) is 0 Å². The van der Waals surface area contributed by atoms with Crippen molar-refractivity contribution < 1.29 is 5.11 Å². The van der Waals surface area contributed by atoms with Gasteiger partial charge in [-0.25, -0.2) is 0 Å². The molecule has 1 aromatic carbocycles. The lowest BCUT2D eigenvalue weighted by Gasteiger charge is -2.34. The van der Waals surface area contributed by atoms with Crippen LogP contribution in [0, 0.1) is 11.8 Å². The van der Waals surface area contributed by atoms with E-state index >= 15 is 0 Å². The molecular weight excluding hydrogens is 210 g/mol. The summed E-state index contributed by atoms with van der Waals surface area (Å²) < 4.78 is 0. The topological polar surface area (TPSA) is 32.3 Å². The van der Waals surface area contributed by atoms with Gasteiger partial charge in [-0.3, -0.25) is 0 Å². The van der Waals surface area contributed by atoms with Crippen molar-refractivity contribution in [3.05, 3.63) is 29.8 Å². The number of rotatable bonds is 3. The molecule has 94 valence electrons. The highest BCUT2D eigenvalue weighted by molar-refractivity contribution is 5.51. The largest absolute Gasteiger partial charge is 0.392 e. The third-order valence-corrected chi connectivity index (χ3v) is 3.96. The van der Waals surface area contributed by atoms with Gasteiger partial charge in [0.1, 0.15) is 0 Å². The van der Waals surface area contributed by atoms with E-state index in [2.05, 4.69) is 25.2 Å². The van der Waals surface area contributed by atoms with Gasteiger partial charge in [-0.05, 0) is 37.2 Å². The van der Waals surface area contributed by atoms with Gasteiger partial charge in [0.2, 0.25) is 0 Å². The van der Waals surface area contributed by atoms with Crippen LogP contribution >= 0.6 is 0 Å². The van der Waals surface area contributed by atoms with E-state index in [0.29, 0.717) is 12.0 Å². The van der Waals surface area contributed by atoms with Crippen LogP contribution in [-0.2, 0) is 6.61 Å². The summed E-state index contributed by atoms with van der Waals surface area (Å²) in [6, 6.07) is 8.61. The number of hydrogen-bond acceptors (Lipinski definition) is 2. The molecule has 0 amide bonds. The fourth-order valence-corrected chi connectivity index (χ4v) is 2.88. The Bertz CT molecular complexity index is 364. The standard InChI is InChI=1S/C15H23NO/c1-11-7-8-14(12(2)9-11)16-15-6-4-3-5-13(15)10-17/h3-6,11-12,14,16-17H,7-10H2,1-2H3. The summed E-state index contributed by atoms with van der Waals surface area (Å²) in [5.41, 5.74) is 2.10. The highest BCUT2D eigenvalue weighted by atomic mass is 16.3. The summed E-state index contributed by atoms with van der Waals surface area (Å²) >= 11 is 0. The van der Waals surface area contributed by atoms with Crippen LogP contribution in [0.25, 0.3) is 0 Å². The lowest BCUT2D eigenvalue weighted by atomic mass is 9.80. The fraction of sp³-hybridized carbons (Fsp3) is 0.600. The van der Waals surface area contributed by atoms with Gasteiger partial charge < -0.3 is 10.4 Å². The Morgan fingerprint density at radius 1 is 1.24 bits per heavy atom. The van der Waals surface area contributed by atoms with Crippen LogP contribution in [0.5, 0.6) is 0 Å². The van der Waals surface area contributed by atoms with Crippen LogP contribution in [0.15, 0.2) is 24.3 Å². The van der Waals surface area contributed by atoms with E-state index in [4.69, 9.17) is 0 Å². The van der Waals surface area contributed by atoms with Crippen molar-refractivity contribution in [3.63, 3.8) is 0 Å². The van der Waals surface area contributed by atoms with E-state index in [1.54, 1.807) is 0 Å². The zero-order valence-corrected chi connectivity index (χ0v) is 10.8. The van der Waals surface area contributed by atoms with Gasteiger partial charge in [0.25, 0.3) is 0 Å². The molecule has 3 atom stereocenters. The summed E-state index contributed by atoms with van der Waals surface area (Å²) in [4.78, 5) is 0. The third-order valence-electron chi connectivity index (χ3n) is 3.96. The molecule has 1 aromatic rings. The van der Waals surface area contributed by atoms with E-state index in [9.17, 15) is 5.11 Å². The maximum Gasteiger partial charge on any atom is 0.0701 e. The first-order valence-corrected chi connectivity index (χ1v) is 6.66. The van der Waals surface area contributed by atoms with E-state index in [1.807, 2.05) is 18.2 Å². The second kappa shape index (κ2) is 5.54. The molecule has 2 nitrogen and oxygen atoms in total. The van der Waals surface area contributed by atoms with Crippen molar-refractivity contribution in [3.8, 4) is 0 Å². The van der Waals surface area contributed by atoms with Gasteiger partial charge in [-0.1, -0.05) is 32.0 Å². The summed E-state index contributed by atoms with van der Waals surface area (Å²) in [7, 11) is 0. The second-order valence-electron chi connectivity index (χ2n) is 5.46. The zero-order valence-electron chi connectivity index (χ0n) is 10.8. The predicted molar refractivity (Wildman–Crippen MR) is 72.0 cm³/mol. The SMILES string of the molecule is CC1CCC(Nc2ccccc2CO)C(C)C1. The molecule has 3 unspecified atom stereocenters. The van der Waals surface area contributed by atoms with Gasteiger partial charge >= 0.3 is 0 Å². The summed E-state index contributed by atoms with van der Waals surface area (Å²) in [5, 5.41) is 12.9. The average molecular weight is 233 g/mol. The minimum Gasteiger partial charge on any atom is -0.392 e. The lowest BCUT2D eigenvalue weighted by molar-refractivity contribution is 0.273. The Morgan fingerprint density at radius 3 is 2.71 bits per heavy atom. The maximum atomic E-state index is 9.32. The number of aliphatic hydroxyl groups is 1. The Balaban J connectivity index is 2.05. The highest BCUT2D eigenvalue weighted by Crippen LogP contribution is 2.31. The molecule has 0 saturated heterocycles. The van der Waals surface area contributed by atoms with Gasteiger partial charge in [0.05, 0.1) is 6.61 Å². The van der Waals surface area contributed by atoms with Crippen LogP contribution in [0.2, 0.25) is 0 Å². The van der Waals surface area contributed by atoms with Crippen LogP contribution in [0.3, 0.4) is 0 Å². The normalized spacial score (nSPS) is 29.0. The molecule has 1 aliphatic rings. The number of anilines is 1. The van der Waals surface area contributed by atoms with Gasteiger partial charge in [0.15, 0.2) is 0 Å². The van der Waals surface area contributed by atoms with Gasteiger partial charge in [-0.2, -0.15) is 0 Å². The van der Waals surface area contributed by atoms with Crippen molar-refractivity contribution >= 4 is 5.69 Å². The molecule has 2 heteroatoms. The first kappa shape index (κ1) is 12.4. The summed E-state index contributed by atoms with van der Waals surface area (Å²) in [6.45, 7) is 4.78. The monoisotopic (exact) mass is 233 g/mol. The molecule has 0 aliphatic heterocycles. The van der Waals surface area contributed by atoms with E-state index in [0.717, 1.165) is 17.2 Å². The Labute approximate surface area is 104 Å². The zero-order chi connectivity index (χ0) is 12.3. The molecule has 0 spiro atoms. The third kappa shape index (κ3) is 3.01. The van der Waals surface area contributed by atoms with Crippen LogP contribution in [0.4, 0.5) is 5.69 Å². The average Bonchev–Trinajstić information content (AvgIpc) is 2.33. The number of para-hydroxylation sites is 1. The molecule has 0 aromatic heterocycles. The van der Waals surface area contributed by atoms with E-state index < -0.39 is 0 Å². The maximum absolute atomic E-state index is 9.32. The minimum atomic E-state index is 0.112. The van der Waals surface area contributed by atoms with Gasteiger partial charge in [0, 0.05) is 17.3 Å². The first-order valence-electron chi connectivity index (χ1n) is 6.66. The molecule has 0 bridgehead atoms.